The van der Waals surface area contributed by atoms with E-state index in [1.54, 1.807) is 0 Å². The average Bonchev–Trinajstić information content (AvgIpc) is 2.25. The molecule has 0 aliphatic heterocycles. The summed E-state index contributed by atoms with van der Waals surface area (Å²) in [5, 5.41) is 3.50. The highest BCUT2D eigenvalue weighted by atomic mass is 14.9. The van der Waals surface area contributed by atoms with E-state index in [0.717, 1.165) is 5.92 Å². The number of nitrogens with one attached hydrogen (secondary N) is 1. The summed E-state index contributed by atoms with van der Waals surface area (Å²) in [6.07, 6.45) is 5.41. The molecule has 1 nitrogen and oxygen atoms in total. The van der Waals surface area contributed by atoms with Gasteiger partial charge in [0.15, 0.2) is 0 Å². The van der Waals surface area contributed by atoms with E-state index in [1.165, 1.54) is 36.8 Å². The Morgan fingerprint density at radius 2 is 1.78 bits per heavy atom. The van der Waals surface area contributed by atoms with Crippen molar-refractivity contribution in [2.75, 3.05) is 7.05 Å². The maximum Gasteiger partial charge on any atom is 0.0133 e. The predicted octanol–water partition coefficient (Wildman–Crippen LogP) is 3.91. The summed E-state index contributed by atoms with van der Waals surface area (Å²) in [5.74, 6) is 0.900. The van der Waals surface area contributed by atoms with Crippen molar-refractivity contribution in [2.24, 2.45) is 5.92 Å². The lowest BCUT2D eigenvalue weighted by Gasteiger charge is -2.33. The van der Waals surface area contributed by atoms with Crippen LogP contribution in [0.1, 0.15) is 51.2 Å². The van der Waals surface area contributed by atoms with Crippen LogP contribution in [-0.2, 0) is 11.8 Å². The molecule has 1 heteroatoms. The Hall–Kier alpha value is -0.820. The Bertz CT molecular complexity index is 368. The lowest BCUT2D eigenvalue weighted by atomic mass is 9.77. The molecule has 0 spiro atoms. The van der Waals surface area contributed by atoms with E-state index in [1.807, 2.05) is 0 Å². The fourth-order valence-corrected chi connectivity index (χ4v) is 2.74. The minimum Gasteiger partial charge on any atom is -0.316 e. The van der Waals surface area contributed by atoms with E-state index >= 15 is 0 Å². The van der Waals surface area contributed by atoms with Crippen LogP contribution in [0.5, 0.6) is 0 Å². The molecule has 1 atom stereocenters. The normalized spacial score (nSPS) is 18.4. The SMILES string of the molecule is CNC(Cc1ccc(C(C)(C)C)cc1)C1CCC1. The minimum absolute atomic E-state index is 0.259. The summed E-state index contributed by atoms with van der Waals surface area (Å²) in [5.41, 5.74) is 3.15. The predicted molar refractivity (Wildman–Crippen MR) is 79.0 cm³/mol. The number of rotatable bonds is 4. The molecule has 0 amide bonds. The summed E-state index contributed by atoms with van der Waals surface area (Å²) < 4.78 is 0. The standard InChI is InChI=1S/C17H27N/c1-17(2,3)15-10-8-13(9-11-15)12-16(18-4)14-6-5-7-14/h8-11,14,16,18H,5-7,12H2,1-4H3. The van der Waals surface area contributed by atoms with Gasteiger partial charge in [-0.15, -0.1) is 0 Å². The van der Waals surface area contributed by atoms with Gasteiger partial charge in [-0.25, -0.2) is 0 Å². The second kappa shape index (κ2) is 5.44. The molecule has 0 bridgehead atoms. The molecule has 1 saturated carbocycles. The lowest BCUT2D eigenvalue weighted by molar-refractivity contribution is 0.236. The highest BCUT2D eigenvalue weighted by Gasteiger charge is 2.26. The topological polar surface area (TPSA) is 12.0 Å². The highest BCUT2D eigenvalue weighted by Crippen LogP contribution is 2.31. The maximum absolute atomic E-state index is 3.50. The van der Waals surface area contributed by atoms with E-state index in [0.29, 0.717) is 6.04 Å². The third kappa shape index (κ3) is 3.14. The third-order valence-electron chi connectivity index (χ3n) is 4.37. The molecular formula is C17H27N. The van der Waals surface area contributed by atoms with Gasteiger partial charge in [-0.3, -0.25) is 0 Å². The molecule has 1 unspecified atom stereocenters. The van der Waals surface area contributed by atoms with Gasteiger partial charge in [-0.1, -0.05) is 51.5 Å². The van der Waals surface area contributed by atoms with Crippen molar-refractivity contribution in [3.63, 3.8) is 0 Å². The average molecular weight is 245 g/mol. The van der Waals surface area contributed by atoms with Gasteiger partial charge in [0.1, 0.15) is 0 Å². The maximum atomic E-state index is 3.50. The van der Waals surface area contributed by atoms with Crippen LogP contribution < -0.4 is 5.32 Å². The van der Waals surface area contributed by atoms with Gasteiger partial charge in [0, 0.05) is 6.04 Å². The Morgan fingerprint density at radius 1 is 1.17 bits per heavy atom. The zero-order chi connectivity index (χ0) is 13.2. The van der Waals surface area contributed by atoms with Gasteiger partial charge in [0.05, 0.1) is 0 Å². The summed E-state index contributed by atoms with van der Waals surface area (Å²) in [7, 11) is 2.10. The number of benzene rings is 1. The van der Waals surface area contributed by atoms with Crippen molar-refractivity contribution in [3.05, 3.63) is 35.4 Å². The fourth-order valence-electron chi connectivity index (χ4n) is 2.74. The van der Waals surface area contributed by atoms with E-state index < -0.39 is 0 Å². The van der Waals surface area contributed by atoms with E-state index in [-0.39, 0.29) is 5.41 Å². The van der Waals surface area contributed by atoms with Crippen molar-refractivity contribution in [2.45, 2.75) is 57.9 Å². The summed E-state index contributed by atoms with van der Waals surface area (Å²) in [6.45, 7) is 6.81. The van der Waals surface area contributed by atoms with Crippen molar-refractivity contribution >= 4 is 0 Å². The second-order valence-electron chi connectivity index (χ2n) is 6.74. The molecule has 1 aromatic rings. The van der Waals surface area contributed by atoms with Crippen LogP contribution in [0.2, 0.25) is 0 Å². The Balaban J connectivity index is 2.00. The fraction of sp³-hybridized carbons (Fsp3) is 0.647. The van der Waals surface area contributed by atoms with Gasteiger partial charge < -0.3 is 5.32 Å². The van der Waals surface area contributed by atoms with Crippen molar-refractivity contribution in [1.29, 1.82) is 0 Å². The van der Waals surface area contributed by atoms with Gasteiger partial charge in [-0.05, 0) is 48.8 Å². The molecule has 1 fully saturated rings. The molecule has 1 aromatic carbocycles. The highest BCUT2D eigenvalue weighted by molar-refractivity contribution is 5.28. The third-order valence-corrected chi connectivity index (χ3v) is 4.37. The molecule has 1 aliphatic carbocycles. The monoisotopic (exact) mass is 245 g/mol. The molecule has 1 N–H and O–H groups in total. The smallest absolute Gasteiger partial charge is 0.0133 e. The zero-order valence-corrected chi connectivity index (χ0v) is 12.3. The van der Waals surface area contributed by atoms with Crippen molar-refractivity contribution < 1.29 is 0 Å². The molecule has 18 heavy (non-hydrogen) atoms. The van der Waals surface area contributed by atoms with E-state index in [4.69, 9.17) is 0 Å². The van der Waals surface area contributed by atoms with E-state index in [2.05, 4.69) is 57.4 Å². The first-order valence-electron chi connectivity index (χ1n) is 7.27. The first-order valence-corrected chi connectivity index (χ1v) is 7.27. The molecule has 0 aromatic heterocycles. The minimum atomic E-state index is 0.259. The Morgan fingerprint density at radius 3 is 2.17 bits per heavy atom. The largest absolute Gasteiger partial charge is 0.316 e. The van der Waals surface area contributed by atoms with Gasteiger partial charge in [-0.2, -0.15) is 0 Å². The Kier molecular flexibility index (Phi) is 4.11. The molecule has 0 heterocycles. The van der Waals surface area contributed by atoms with Crippen LogP contribution in [0.3, 0.4) is 0 Å². The summed E-state index contributed by atoms with van der Waals surface area (Å²) in [4.78, 5) is 0. The van der Waals surface area contributed by atoms with Crippen LogP contribution in [0.4, 0.5) is 0 Å². The molecule has 2 rings (SSSR count). The summed E-state index contributed by atoms with van der Waals surface area (Å²) >= 11 is 0. The quantitative estimate of drug-likeness (QED) is 0.848. The molecule has 1 aliphatic rings. The summed E-state index contributed by atoms with van der Waals surface area (Å²) in [6, 6.07) is 9.87. The van der Waals surface area contributed by atoms with Crippen LogP contribution in [0.25, 0.3) is 0 Å². The van der Waals surface area contributed by atoms with Crippen molar-refractivity contribution in [1.82, 2.24) is 5.32 Å². The molecular weight excluding hydrogens is 218 g/mol. The molecule has 0 radical (unpaired) electrons. The second-order valence-corrected chi connectivity index (χ2v) is 6.74. The first-order chi connectivity index (χ1) is 8.50. The zero-order valence-electron chi connectivity index (χ0n) is 12.3. The van der Waals surface area contributed by atoms with Crippen LogP contribution >= 0.6 is 0 Å². The van der Waals surface area contributed by atoms with Crippen LogP contribution in [0, 0.1) is 5.92 Å². The van der Waals surface area contributed by atoms with Gasteiger partial charge in [0.25, 0.3) is 0 Å². The molecule has 100 valence electrons. The number of hydrogen-bond acceptors (Lipinski definition) is 1. The lowest BCUT2D eigenvalue weighted by Crippen LogP contribution is -2.39. The molecule has 0 saturated heterocycles. The van der Waals surface area contributed by atoms with Crippen molar-refractivity contribution in [3.8, 4) is 0 Å². The first kappa shape index (κ1) is 13.6. The Labute approximate surface area is 112 Å². The van der Waals surface area contributed by atoms with Crippen LogP contribution in [0.15, 0.2) is 24.3 Å². The van der Waals surface area contributed by atoms with Crippen LogP contribution in [-0.4, -0.2) is 13.1 Å². The van der Waals surface area contributed by atoms with Gasteiger partial charge in [0.2, 0.25) is 0 Å². The number of likely N-dealkylation sites (N-methyl/N-ethyl adjacent to an activating group) is 1. The number of hydrogen-bond donors (Lipinski definition) is 1. The van der Waals surface area contributed by atoms with E-state index in [9.17, 15) is 0 Å². The van der Waals surface area contributed by atoms with Gasteiger partial charge >= 0.3 is 0 Å².